The molecule has 1 rings (SSSR count). The number of rotatable bonds is 8. The van der Waals surface area contributed by atoms with Gasteiger partial charge in [0.15, 0.2) is 0 Å². The van der Waals surface area contributed by atoms with Crippen molar-refractivity contribution in [1.29, 1.82) is 5.26 Å². The third kappa shape index (κ3) is 6.16. The van der Waals surface area contributed by atoms with Crippen molar-refractivity contribution in [1.82, 2.24) is 5.32 Å². The number of nitrogens with one attached hydrogen (secondary N) is 1. The van der Waals surface area contributed by atoms with Crippen molar-refractivity contribution < 1.29 is 18.5 Å². The quantitative estimate of drug-likeness (QED) is 0.583. The first-order valence-corrected chi connectivity index (χ1v) is 7.57. The molecule has 0 fully saturated rings. The maximum absolute atomic E-state index is 12.0. The van der Waals surface area contributed by atoms with E-state index in [0.717, 1.165) is 18.5 Å². The molecule has 0 saturated heterocycles. The Kier molecular flexibility index (Phi) is 8.04. The smallest absolute Gasteiger partial charge is 0.315 e. The van der Waals surface area contributed by atoms with E-state index < -0.39 is 5.97 Å². The molecule has 0 unspecified atom stereocenters. The highest BCUT2D eigenvalue weighted by molar-refractivity contribution is 7.95. The van der Waals surface area contributed by atoms with Crippen molar-refractivity contribution >= 4 is 23.9 Å². The Balaban J connectivity index is 2.66. The lowest BCUT2D eigenvalue weighted by molar-refractivity contribution is -0.130. The van der Waals surface area contributed by atoms with Crippen LogP contribution in [0.25, 0.3) is 0 Å². The van der Waals surface area contributed by atoms with E-state index in [1.54, 1.807) is 6.07 Å². The largest absolute Gasteiger partial charge is 0.386 e. The van der Waals surface area contributed by atoms with Crippen LogP contribution in [-0.2, 0) is 13.7 Å². The molecule has 1 aromatic carbocycles. The van der Waals surface area contributed by atoms with E-state index in [-0.39, 0.29) is 5.91 Å². The van der Waals surface area contributed by atoms with Gasteiger partial charge in [0, 0.05) is 25.6 Å². The fraction of sp³-hybridized carbons (Fsp3) is 0.400. The summed E-state index contributed by atoms with van der Waals surface area (Å²) in [6.07, 6.45) is 0.931. The van der Waals surface area contributed by atoms with E-state index in [1.165, 1.54) is 19.1 Å². The zero-order chi connectivity index (χ0) is 16.4. The van der Waals surface area contributed by atoms with Gasteiger partial charge in [-0.1, -0.05) is 6.92 Å². The van der Waals surface area contributed by atoms with Crippen molar-refractivity contribution in [3.63, 3.8) is 0 Å². The minimum Gasteiger partial charge on any atom is -0.386 e. The lowest BCUT2D eigenvalue weighted by Gasteiger charge is -2.08. The normalized spacial score (nSPS) is 9.86. The number of amides is 1. The van der Waals surface area contributed by atoms with Crippen molar-refractivity contribution in [2.24, 2.45) is 0 Å². The summed E-state index contributed by atoms with van der Waals surface area (Å²) in [5, 5.41) is 11.7. The Hall–Kier alpha value is -2.04. The summed E-state index contributed by atoms with van der Waals surface area (Å²) in [6, 6.07) is 6.59. The highest BCUT2D eigenvalue weighted by atomic mass is 32.2. The molecular weight excluding hydrogens is 304 g/mol. The molecule has 22 heavy (non-hydrogen) atoms. The first-order valence-electron chi connectivity index (χ1n) is 6.83. The lowest BCUT2D eigenvalue weighted by atomic mass is 10.1. The SMILES string of the molecule is CCCOCCNC(=O)c1ccc(C#N)c(SOC(C)=O)c1. The maximum atomic E-state index is 12.0. The molecule has 0 radical (unpaired) electrons. The van der Waals surface area contributed by atoms with E-state index in [4.69, 9.17) is 14.2 Å². The van der Waals surface area contributed by atoms with Crippen LogP contribution in [0.1, 0.15) is 36.2 Å². The first kappa shape index (κ1) is 18.0. The monoisotopic (exact) mass is 322 g/mol. The van der Waals surface area contributed by atoms with Crippen LogP contribution in [0.4, 0.5) is 0 Å². The average molecular weight is 322 g/mol. The van der Waals surface area contributed by atoms with Gasteiger partial charge in [0.25, 0.3) is 5.91 Å². The molecule has 0 saturated carbocycles. The predicted molar refractivity (Wildman–Crippen MR) is 82.2 cm³/mol. The van der Waals surface area contributed by atoms with E-state index >= 15 is 0 Å². The Morgan fingerprint density at radius 1 is 1.36 bits per heavy atom. The number of benzene rings is 1. The number of nitriles is 1. The molecule has 1 aromatic rings. The van der Waals surface area contributed by atoms with Gasteiger partial charge in [-0.2, -0.15) is 5.26 Å². The number of nitrogens with zero attached hydrogens (tertiary/aromatic N) is 1. The van der Waals surface area contributed by atoms with Crippen molar-refractivity contribution in [2.45, 2.75) is 25.2 Å². The molecule has 0 heterocycles. The summed E-state index contributed by atoms with van der Waals surface area (Å²) >= 11 is 0.770. The van der Waals surface area contributed by atoms with Gasteiger partial charge in [0.1, 0.15) is 6.07 Å². The van der Waals surface area contributed by atoms with Crippen LogP contribution in [0.15, 0.2) is 23.1 Å². The fourth-order valence-corrected chi connectivity index (χ4v) is 2.10. The van der Waals surface area contributed by atoms with Crippen LogP contribution in [0, 0.1) is 11.3 Å². The predicted octanol–water partition coefficient (Wildman–Crippen LogP) is 2.28. The summed E-state index contributed by atoms with van der Waals surface area (Å²) in [6.45, 7) is 4.80. The van der Waals surface area contributed by atoms with Crippen LogP contribution >= 0.6 is 12.0 Å². The summed E-state index contributed by atoms with van der Waals surface area (Å²) in [5.74, 6) is -0.744. The maximum Gasteiger partial charge on any atom is 0.315 e. The molecule has 118 valence electrons. The summed E-state index contributed by atoms with van der Waals surface area (Å²) in [5.41, 5.74) is 0.734. The van der Waals surface area contributed by atoms with Gasteiger partial charge in [0.05, 0.1) is 29.1 Å². The summed E-state index contributed by atoms with van der Waals surface area (Å²) in [4.78, 5) is 23.3. The Bertz CT molecular complexity index is 569. The van der Waals surface area contributed by atoms with Crippen molar-refractivity contribution in [3.05, 3.63) is 29.3 Å². The zero-order valence-corrected chi connectivity index (χ0v) is 13.4. The number of carbonyl (C=O) groups is 2. The third-order valence-corrected chi connectivity index (χ3v) is 3.33. The van der Waals surface area contributed by atoms with Gasteiger partial charge >= 0.3 is 5.97 Å². The Labute approximate surface area is 134 Å². The van der Waals surface area contributed by atoms with Crippen molar-refractivity contribution in [2.75, 3.05) is 19.8 Å². The van der Waals surface area contributed by atoms with Gasteiger partial charge in [-0.05, 0) is 24.6 Å². The van der Waals surface area contributed by atoms with Gasteiger partial charge in [-0.15, -0.1) is 0 Å². The molecule has 0 aromatic heterocycles. The second-order valence-electron chi connectivity index (χ2n) is 4.35. The zero-order valence-electron chi connectivity index (χ0n) is 12.5. The molecule has 7 heteroatoms. The van der Waals surface area contributed by atoms with Crippen LogP contribution < -0.4 is 5.32 Å². The molecular formula is C15H18N2O4S. The Morgan fingerprint density at radius 3 is 2.77 bits per heavy atom. The van der Waals surface area contributed by atoms with E-state index in [2.05, 4.69) is 5.32 Å². The summed E-state index contributed by atoms with van der Waals surface area (Å²) in [7, 11) is 0. The van der Waals surface area contributed by atoms with Gasteiger partial charge < -0.3 is 14.2 Å². The Morgan fingerprint density at radius 2 is 2.14 bits per heavy atom. The van der Waals surface area contributed by atoms with Gasteiger partial charge in [-0.25, -0.2) is 0 Å². The highest BCUT2D eigenvalue weighted by Gasteiger charge is 2.11. The third-order valence-electron chi connectivity index (χ3n) is 2.49. The number of ether oxygens (including phenoxy) is 1. The van der Waals surface area contributed by atoms with Gasteiger partial charge in [-0.3, -0.25) is 9.59 Å². The molecule has 6 nitrogen and oxygen atoms in total. The number of hydrogen-bond acceptors (Lipinski definition) is 6. The molecule has 0 bridgehead atoms. The fourth-order valence-electron chi connectivity index (χ4n) is 1.51. The number of carbonyl (C=O) groups excluding carboxylic acids is 2. The minimum atomic E-state index is -0.475. The van der Waals surface area contributed by atoms with E-state index in [0.29, 0.717) is 35.8 Å². The standard InChI is InChI=1S/C15H18N2O4S/c1-3-7-20-8-6-17-15(19)12-4-5-13(10-16)14(9-12)22-21-11(2)18/h4-5,9H,3,6-8H2,1-2H3,(H,17,19). The molecule has 0 atom stereocenters. The average Bonchev–Trinajstić information content (AvgIpc) is 2.52. The molecule has 0 spiro atoms. The van der Waals surface area contributed by atoms with Crippen molar-refractivity contribution in [3.8, 4) is 6.07 Å². The van der Waals surface area contributed by atoms with E-state index in [1.807, 2.05) is 13.0 Å². The second-order valence-corrected chi connectivity index (χ2v) is 5.12. The summed E-state index contributed by atoms with van der Waals surface area (Å²) < 4.78 is 10.1. The number of hydrogen-bond donors (Lipinski definition) is 1. The highest BCUT2D eigenvalue weighted by Crippen LogP contribution is 2.24. The van der Waals surface area contributed by atoms with Crippen LogP contribution in [-0.4, -0.2) is 31.6 Å². The van der Waals surface area contributed by atoms with Gasteiger partial charge in [0.2, 0.25) is 0 Å². The molecule has 1 N–H and O–H groups in total. The minimum absolute atomic E-state index is 0.269. The first-order chi connectivity index (χ1) is 10.6. The second kappa shape index (κ2) is 9.82. The van der Waals surface area contributed by atoms with Crippen LogP contribution in [0.3, 0.4) is 0 Å². The molecule has 0 aliphatic heterocycles. The lowest BCUT2D eigenvalue weighted by Crippen LogP contribution is -2.27. The molecule has 0 aliphatic rings. The topological polar surface area (TPSA) is 88.4 Å². The van der Waals surface area contributed by atoms with Crippen LogP contribution in [0.5, 0.6) is 0 Å². The molecule has 1 amide bonds. The molecule has 0 aliphatic carbocycles. The van der Waals surface area contributed by atoms with E-state index in [9.17, 15) is 9.59 Å². The van der Waals surface area contributed by atoms with Crippen LogP contribution in [0.2, 0.25) is 0 Å².